The monoisotopic (exact) mass is 341 g/mol. The lowest BCUT2D eigenvalue weighted by molar-refractivity contribution is -0.118. The number of carbonyl (C=O) groups excluding carboxylic acids is 1. The molecule has 0 atom stereocenters. The molecule has 0 saturated carbocycles. The van der Waals surface area contributed by atoms with Crippen molar-refractivity contribution in [3.63, 3.8) is 0 Å². The van der Waals surface area contributed by atoms with Crippen LogP contribution in [-0.4, -0.2) is 28.4 Å². The number of nitrogens with zero attached hydrogens (tertiary/aromatic N) is 2. The highest BCUT2D eigenvalue weighted by molar-refractivity contribution is 9.10. The van der Waals surface area contributed by atoms with Gasteiger partial charge in [0.2, 0.25) is 11.8 Å². The molecule has 2 rings (SSSR count). The third-order valence-electron chi connectivity index (χ3n) is 2.20. The van der Waals surface area contributed by atoms with E-state index in [1.807, 2.05) is 31.2 Å². The van der Waals surface area contributed by atoms with Gasteiger partial charge in [-0.1, -0.05) is 27.7 Å². The van der Waals surface area contributed by atoms with E-state index < -0.39 is 0 Å². The van der Waals surface area contributed by atoms with Gasteiger partial charge < -0.3 is 9.73 Å². The predicted octanol–water partition coefficient (Wildman–Crippen LogP) is 2.73. The Bertz CT molecular complexity index is 556. The fourth-order valence-corrected chi connectivity index (χ4v) is 2.21. The largest absolute Gasteiger partial charge is 0.411 e. The summed E-state index contributed by atoms with van der Waals surface area (Å²) >= 11 is 4.59. The van der Waals surface area contributed by atoms with Crippen molar-refractivity contribution in [3.05, 3.63) is 28.7 Å². The van der Waals surface area contributed by atoms with Crippen molar-refractivity contribution in [1.29, 1.82) is 0 Å². The maximum Gasteiger partial charge on any atom is 0.277 e. The van der Waals surface area contributed by atoms with Crippen LogP contribution in [0.5, 0.6) is 0 Å². The number of hydrogen-bond donors (Lipinski definition) is 1. The zero-order chi connectivity index (χ0) is 13.7. The molecular weight excluding hydrogens is 330 g/mol. The Labute approximate surface area is 123 Å². The molecule has 5 nitrogen and oxygen atoms in total. The first kappa shape index (κ1) is 14.1. The first-order valence-electron chi connectivity index (χ1n) is 5.68. The average Bonchev–Trinajstić information content (AvgIpc) is 2.86. The highest BCUT2D eigenvalue weighted by atomic mass is 79.9. The molecule has 1 heterocycles. The van der Waals surface area contributed by atoms with E-state index >= 15 is 0 Å². The highest BCUT2D eigenvalue weighted by Crippen LogP contribution is 2.24. The van der Waals surface area contributed by atoms with Crippen LogP contribution < -0.4 is 5.32 Å². The number of rotatable bonds is 5. The van der Waals surface area contributed by atoms with Crippen molar-refractivity contribution in [3.8, 4) is 11.5 Å². The summed E-state index contributed by atoms with van der Waals surface area (Å²) in [6.45, 7) is 2.49. The Kier molecular flexibility index (Phi) is 4.98. The van der Waals surface area contributed by atoms with Crippen LogP contribution in [0.4, 0.5) is 0 Å². The summed E-state index contributed by atoms with van der Waals surface area (Å²) in [6, 6.07) is 7.58. The molecule has 100 valence electrons. The molecule has 0 unspecified atom stereocenters. The Morgan fingerprint density at radius 3 is 2.79 bits per heavy atom. The van der Waals surface area contributed by atoms with E-state index in [2.05, 4.69) is 31.4 Å². The van der Waals surface area contributed by atoms with Gasteiger partial charge in [-0.15, -0.1) is 10.2 Å². The quantitative estimate of drug-likeness (QED) is 0.847. The van der Waals surface area contributed by atoms with Crippen LogP contribution in [0.25, 0.3) is 11.5 Å². The van der Waals surface area contributed by atoms with Gasteiger partial charge in [0.15, 0.2) is 0 Å². The first-order valence-corrected chi connectivity index (χ1v) is 7.46. The number of hydrogen-bond acceptors (Lipinski definition) is 5. The minimum Gasteiger partial charge on any atom is -0.411 e. The lowest BCUT2D eigenvalue weighted by Gasteiger charge is -1.98. The van der Waals surface area contributed by atoms with Crippen LogP contribution in [0, 0.1) is 0 Å². The number of thioether (sulfide) groups is 1. The second-order valence-corrected chi connectivity index (χ2v) is 5.46. The molecular formula is C12H12BrN3O2S. The minimum absolute atomic E-state index is 0.0455. The van der Waals surface area contributed by atoms with Gasteiger partial charge in [0.25, 0.3) is 5.22 Å². The molecule has 1 aromatic carbocycles. The van der Waals surface area contributed by atoms with Gasteiger partial charge in [-0.05, 0) is 31.2 Å². The fourth-order valence-electron chi connectivity index (χ4n) is 1.35. The molecule has 1 amide bonds. The normalized spacial score (nSPS) is 10.4. The zero-order valence-electron chi connectivity index (χ0n) is 10.2. The number of carbonyl (C=O) groups is 1. The zero-order valence-corrected chi connectivity index (χ0v) is 12.6. The third kappa shape index (κ3) is 4.07. The smallest absolute Gasteiger partial charge is 0.277 e. The van der Waals surface area contributed by atoms with Gasteiger partial charge in [-0.2, -0.15) is 0 Å². The Morgan fingerprint density at radius 1 is 1.37 bits per heavy atom. The lowest BCUT2D eigenvalue weighted by atomic mass is 10.2. The maximum atomic E-state index is 11.3. The van der Waals surface area contributed by atoms with Gasteiger partial charge in [-0.3, -0.25) is 4.79 Å². The topological polar surface area (TPSA) is 68.0 Å². The summed E-state index contributed by atoms with van der Waals surface area (Å²) in [6.07, 6.45) is 0. The maximum absolute atomic E-state index is 11.3. The number of amides is 1. The van der Waals surface area contributed by atoms with Crippen LogP contribution in [0.3, 0.4) is 0 Å². The third-order valence-corrected chi connectivity index (χ3v) is 3.55. The SMILES string of the molecule is CCNC(=O)CSc1nnc(-c2ccc(Br)cc2)o1. The molecule has 0 saturated heterocycles. The molecule has 0 aliphatic heterocycles. The van der Waals surface area contributed by atoms with Gasteiger partial charge >= 0.3 is 0 Å². The molecule has 0 fully saturated rings. The van der Waals surface area contributed by atoms with E-state index in [0.29, 0.717) is 17.7 Å². The minimum atomic E-state index is -0.0455. The Morgan fingerprint density at radius 2 is 2.11 bits per heavy atom. The summed E-state index contributed by atoms with van der Waals surface area (Å²) in [7, 11) is 0. The second kappa shape index (κ2) is 6.72. The standard InChI is InChI=1S/C12H12BrN3O2S/c1-2-14-10(17)7-19-12-16-15-11(18-12)8-3-5-9(13)6-4-8/h3-6H,2,7H2,1H3,(H,14,17). The van der Waals surface area contributed by atoms with Crippen LogP contribution in [0.2, 0.25) is 0 Å². The summed E-state index contributed by atoms with van der Waals surface area (Å²) < 4.78 is 6.47. The summed E-state index contributed by atoms with van der Waals surface area (Å²) in [5, 5.41) is 11.0. The van der Waals surface area contributed by atoms with Crippen molar-refractivity contribution < 1.29 is 9.21 Å². The predicted molar refractivity (Wildman–Crippen MR) is 76.8 cm³/mol. The van der Waals surface area contributed by atoms with Crippen molar-refractivity contribution in [2.75, 3.05) is 12.3 Å². The van der Waals surface area contributed by atoms with Crippen molar-refractivity contribution >= 4 is 33.6 Å². The average molecular weight is 342 g/mol. The van der Waals surface area contributed by atoms with E-state index in [-0.39, 0.29) is 11.7 Å². The molecule has 0 aliphatic rings. The van der Waals surface area contributed by atoms with Gasteiger partial charge in [-0.25, -0.2) is 0 Å². The molecule has 0 bridgehead atoms. The van der Waals surface area contributed by atoms with E-state index in [4.69, 9.17) is 4.42 Å². The Balaban J connectivity index is 1.99. The van der Waals surface area contributed by atoms with Crippen LogP contribution in [0.1, 0.15) is 6.92 Å². The summed E-state index contributed by atoms with van der Waals surface area (Å²) in [5.41, 5.74) is 0.848. The number of halogens is 1. The molecule has 7 heteroatoms. The molecule has 0 radical (unpaired) electrons. The van der Waals surface area contributed by atoms with Crippen molar-refractivity contribution in [1.82, 2.24) is 15.5 Å². The number of aromatic nitrogens is 2. The van der Waals surface area contributed by atoms with E-state index in [9.17, 15) is 4.79 Å². The fraction of sp³-hybridized carbons (Fsp3) is 0.250. The number of benzene rings is 1. The molecule has 0 spiro atoms. The lowest BCUT2D eigenvalue weighted by Crippen LogP contribution is -2.24. The van der Waals surface area contributed by atoms with E-state index in [1.165, 1.54) is 11.8 Å². The van der Waals surface area contributed by atoms with E-state index in [1.54, 1.807) is 0 Å². The van der Waals surface area contributed by atoms with Crippen LogP contribution in [0.15, 0.2) is 38.4 Å². The Hall–Kier alpha value is -1.34. The van der Waals surface area contributed by atoms with Crippen LogP contribution >= 0.6 is 27.7 Å². The van der Waals surface area contributed by atoms with Crippen molar-refractivity contribution in [2.45, 2.75) is 12.1 Å². The molecule has 2 aromatic rings. The van der Waals surface area contributed by atoms with Gasteiger partial charge in [0.05, 0.1) is 5.75 Å². The summed E-state index contributed by atoms with van der Waals surface area (Å²) in [5.74, 6) is 0.678. The van der Waals surface area contributed by atoms with Crippen molar-refractivity contribution in [2.24, 2.45) is 0 Å². The molecule has 0 aliphatic carbocycles. The molecule has 1 N–H and O–H groups in total. The van der Waals surface area contributed by atoms with Gasteiger partial charge in [0.1, 0.15) is 0 Å². The highest BCUT2D eigenvalue weighted by Gasteiger charge is 2.10. The summed E-state index contributed by atoms with van der Waals surface area (Å²) in [4.78, 5) is 11.3. The second-order valence-electron chi connectivity index (χ2n) is 3.62. The van der Waals surface area contributed by atoms with Gasteiger partial charge in [0, 0.05) is 16.6 Å². The molecule has 19 heavy (non-hydrogen) atoms. The van der Waals surface area contributed by atoms with Crippen LogP contribution in [-0.2, 0) is 4.79 Å². The first-order chi connectivity index (χ1) is 9.19. The number of nitrogens with one attached hydrogen (secondary N) is 1. The molecule has 1 aromatic heterocycles. The van der Waals surface area contributed by atoms with E-state index in [0.717, 1.165) is 10.0 Å².